The standard InChI is InChI=1S/C24H17ClF4N4O2/c1-33-19-9-5-3-7-15(19)20(14-6-2-4-8-17(14)26)31-21(22(33)34)32-23(35)30-18-12-13(24(27,28)29)10-11-16(18)25/h2-12,21H,1H3,(H2,30,32,35). The molecule has 0 radical (unpaired) electrons. The van der Waals surface area contributed by atoms with E-state index in [1.54, 1.807) is 30.3 Å². The van der Waals surface area contributed by atoms with Crippen LogP contribution in [0.3, 0.4) is 0 Å². The summed E-state index contributed by atoms with van der Waals surface area (Å²) in [5, 5.41) is 4.41. The van der Waals surface area contributed by atoms with Crippen molar-refractivity contribution in [2.45, 2.75) is 12.3 Å². The number of likely N-dealkylation sites (N-methyl/N-ethyl adjacent to an activating group) is 1. The molecule has 11 heteroatoms. The van der Waals surface area contributed by atoms with E-state index >= 15 is 0 Å². The summed E-state index contributed by atoms with van der Waals surface area (Å²) in [5.74, 6) is -1.23. The van der Waals surface area contributed by atoms with Crippen molar-refractivity contribution in [2.24, 2.45) is 4.99 Å². The van der Waals surface area contributed by atoms with Gasteiger partial charge in [0.05, 0.1) is 27.7 Å². The topological polar surface area (TPSA) is 73.8 Å². The van der Waals surface area contributed by atoms with Gasteiger partial charge in [-0.15, -0.1) is 0 Å². The van der Waals surface area contributed by atoms with Gasteiger partial charge in [-0.3, -0.25) is 4.79 Å². The number of nitrogens with one attached hydrogen (secondary N) is 2. The van der Waals surface area contributed by atoms with Crippen molar-refractivity contribution in [1.29, 1.82) is 0 Å². The molecule has 1 aliphatic heterocycles. The number of nitrogens with zero attached hydrogens (tertiary/aromatic N) is 2. The zero-order valence-electron chi connectivity index (χ0n) is 18.0. The Bertz CT molecular complexity index is 1340. The molecular weight excluding hydrogens is 488 g/mol. The number of carbonyl (C=O) groups is 2. The largest absolute Gasteiger partial charge is 0.416 e. The maximum atomic E-state index is 14.7. The van der Waals surface area contributed by atoms with Crippen LogP contribution in [0.1, 0.15) is 16.7 Å². The van der Waals surface area contributed by atoms with Crippen molar-refractivity contribution in [2.75, 3.05) is 17.3 Å². The number of benzodiazepines with no additional fused rings is 1. The van der Waals surface area contributed by atoms with E-state index in [4.69, 9.17) is 11.6 Å². The zero-order chi connectivity index (χ0) is 25.3. The average molecular weight is 505 g/mol. The van der Waals surface area contributed by atoms with E-state index < -0.39 is 35.7 Å². The maximum Gasteiger partial charge on any atom is 0.416 e. The quantitative estimate of drug-likeness (QED) is 0.465. The third kappa shape index (κ3) is 4.97. The lowest BCUT2D eigenvalue weighted by molar-refractivity contribution is -0.137. The molecule has 0 fully saturated rings. The van der Waals surface area contributed by atoms with E-state index in [-0.39, 0.29) is 22.0 Å². The molecule has 1 heterocycles. The number of fused-ring (bicyclic) bond motifs is 1. The Hall–Kier alpha value is -3.92. The van der Waals surface area contributed by atoms with Gasteiger partial charge < -0.3 is 15.5 Å². The first-order chi connectivity index (χ1) is 16.6. The first-order valence-electron chi connectivity index (χ1n) is 10.2. The van der Waals surface area contributed by atoms with Crippen molar-refractivity contribution >= 4 is 40.6 Å². The molecule has 3 aromatic rings. The second-order valence-electron chi connectivity index (χ2n) is 7.57. The Balaban J connectivity index is 1.69. The molecule has 1 unspecified atom stereocenters. The van der Waals surface area contributed by atoms with Gasteiger partial charge in [-0.1, -0.05) is 41.9 Å². The predicted molar refractivity (Wildman–Crippen MR) is 124 cm³/mol. The first-order valence-corrected chi connectivity index (χ1v) is 10.6. The lowest BCUT2D eigenvalue weighted by Crippen LogP contribution is -2.47. The minimum absolute atomic E-state index is 0.108. The van der Waals surface area contributed by atoms with Gasteiger partial charge in [0.25, 0.3) is 5.91 Å². The van der Waals surface area contributed by atoms with Gasteiger partial charge in [0.1, 0.15) is 5.82 Å². The SMILES string of the molecule is CN1C(=O)C(NC(=O)Nc2cc(C(F)(F)F)ccc2Cl)N=C(c2ccccc2F)c2ccccc21. The molecule has 3 aromatic carbocycles. The fraction of sp³-hybridized carbons (Fsp3) is 0.125. The molecule has 180 valence electrons. The van der Waals surface area contributed by atoms with Crippen molar-refractivity contribution in [3.8, 4) is 0 Å². The van der Waals surface area contributed by atoms with Gasteiger partial charge in [0, 0.05) is 18.2 Å². The van der Waals surface area contributed by atoms with E-state index in [9.17, 15) is 27.2 Å². The first kappa shape index (κ1) is 24.2. The molecule has 0 saturated heterocycles. The third-order valence-electron chi connectivity index (χ3n) is 5.28. The van der Waals surface area contributed by atoms with Crippen LogP contribution < -0.4 is 15.5 Å². The van der Waals surface area contributed by atoms with Crippen LogP contribution >= 0.6 is 11.6 Å². The smallest absolute Gasteiger partial charge is 0.311 e. The molecule has 0 saturated carbocycles. The fourth-order valence-electron chi connectivity index (χ4n) is 3.56. The van der Waals surface area contributed by atoms with Crippen LogP contribution in [0.5, 0.6) is 0 Å². The van der Waals surface area contributed by atoms with Crippen LogP contribution in [0.15, 0.2) is 71.7 Å². The van der Waals surface area contributed by atoms with Crippen molar-refractivity contribution in [1.82, 2.24) is 5.32 Å². The molecule has 0 bridgehead atoms. The molecular formula is C24H17ClF4N4O2. The summed E-state index contributed by atoms with van der Waals surface area (Å²) in [6.45, 7) is 0. The van der Waals surface area contributed by atoms with Gasteiger partial charge in [0.2, 0.25) is 6.17 Å². The second-order valence-corrected chi connectivity index (χ2v) is 7.97. The minimum atomic E-state index is -4.65. The van der Waals surface area contributed by atoms with Gasteiger partial charge in [-0.05, 0) is 36.4 Å². The molecule has 0 aliphatic carbocycles. The van der Waals surface area contributed by atoms with Gasteiger partial charge >= 0.3 is 12.2 Å². The summed E-state index contributed by atoms with van der Waals surface area (Å²) in [4.78, 5) is 31.4. The van der Waals surface area contributed by atoms with E-state index in [2.05, 4.69) is 15.6 Å². The number of amides is 3. The Morgan fingerprint density at radius 1 is 1.03 bits per heavy atom. The highest BCUT2D eigenvalue weighted by molar-refractivity contribution is 6.33. The maximum absolute atomic E-state index is 14.7. The van der Waals surface area contributed by atoms with E-state index in [1.165, 1.54) is 30.1 Å². The van der Waals surface area contributed by atoms with Crippen LogP contribution in [0.2, 0.25) is 5.02 Å². The lowest BCUT2D eigenvalue weighted by Gasteiger charge is -2.21. The summed E-state index contributed by atoms with van der Waals surface area (Å²) in [6.07, 6.45) is -6.16. The van der Waals surface area contributed by atoms with Gasteiger partial charge in [0.15, 0.2) is 0 Å². The Kier molecular flexibility index (Phi) is 6.49. The number of rotatable bonds is 3. The molecule has 4 rings (SSSR count). The van der Waals surface area contributed by atoms with Crippen molar-refractivity contribution in [3.05, 3.63) is 94.3 Å². The predicted octanol–water partition coefficient (Wildman–Crippen LogP) is 5.46. The summed E-state index contributed by atoms with van der Waals surface area (Å²) in [5.41, 5.74) is -0.202. The summed E-state index contributed by atoms with van der Waals surface area (Å²) < 4.78 is 53.8. The van der Waals surface area contributed by atoms with Gasteiger partial charge in [-0.2, -0.15) is 13.2 Å². The lowest BCUT2D eigenvalue weighted by atomic mass is 10.00. The number of para-hydroxylation sites is 1. The highest BCUT2D eigenvalue weighted by atomic mass is 35.5. The number of hydrogen-bond donors (Lipinski definition) is 2. The zero-order valence-corrected chi connectivity index (χ0v) is 18.8. The molecule has 6 nitrogen and oxygen atoms in total. The van der Waals surface area contributed by atoms with Crippen LogP contribution in [-0.2, 0) is 11.0 Å². The molecule has 0 aromatic heterocycles. The highest BCUT2D eigenvalue weighted by Gasteiger charge is 2.33. The number of halogens is 5. The monoisotopic (exact) mass is 504 g/mol. The Labute approximate surface area is 202 Å². The van der Waals surface area contributed by atoms with E-state index in [0.717, 1.165) is 12.1 Å². The third-order valence-corrected chi connectivity index (χ3v) is 5.61. The van der Waals surface area contributed by atoms with Crippen LogP contribution in [0.4, 0.5) is 33.7 Å². The number of hydrogen-bond acceptors (Lipinski definition) is 3. The van der Waals surface area contributed by atoms with Crippen molar-refractivity contribution in [3.63, 3.8) is 0 Å². The molecule has 35 heavy (non-hydrogen) atoms. The number of carbonyl (C=O) groups excluding carboxylic acids is 2. The van der Waals surface area contributed by atoms with E-state index in [0.29, 0.717) is 17.3 Å². The fourth-order valence-corrected chi connectivity index (χ4v) is 3.73. The number of anilines is 2. The highest BCUT2D eigenvalue weighted by Crippen LogP contribution is 2.34. The van der Waals surface area contributed by atoms with Crippen LogP contribution in [0.25, 0.3) is 0 Å². The second kappa shape index (κ2) is 9.38. The minimum Gasteiger partial charge on any atom is -0.311 e. The Morgan fingerprint density at radius 2 is 1.69 bits per heavy atom. The number of benzene rings is 3. The molecule has 3 amide bonds. The van der Waals surface area contributed by atoms with Gasteiger partial charge in [-0.25, -0.2) is 14.2 Å². The number of alkyl halides is 3. The van der Waals surface area contributed by atoms with E-state index in [1.807, 2.05) is 0 Å². The number of aliphatic imine (C=N–C) groups is 1. The van der Waals surface area contributed by atoms with Crippen LogP contribution in [-0.4, -0.2) is 30.9 Å². The molecule has 1 atom stereocenters. The van der Waals surface area contributed by atoms with Crippen LogP contribution in [0, 0.1) is 5.82 Å². The molecule has 2 N–H and O–H groups in total. The molecule has 1 aliphatic rings. The summed E-state index contributed by atoms with van der Waals surface area (Å²) in [6, 6.07) is 13.9. The average Bonchev–Trinajstić information content (AvgIpc) is 2.91. The van der Waals surface area contributed by atoms with Crippen molar-refractivity contribution < 1.29 is 27.2 Å². The molecule has 0 spiro atoms. The summed E-state index contributed by atoms with van der Waals surface area (Å²) >= 11 is 5.94. The summed E-state index contributed by atoms with van der Waals surface area (Å²) in [7, 11) is 1.47. The normalized spacial score (nSPS) is 15.7. The Morgan fingerprint density at radius 3 is 2.37 bits per heavy atom. The number of urea groups is 1.